The highest BCUT2D eigenvalue weighted by Crippen LogP contribution is 2.34. The first-order valence-electron chi connectivity index (χ1n) is 11.5. The zero-order valence-corrected chi connectivity index (χ0v) is 19.9. The summed E-state index contributed by atoms with van der Waals surface area (Å²) in [6.07, 6.45) is 2.74. The van der Waals surface area contributed by atoms with Gasteiger partial charge in [0, 0.05) is 12.7 Å². The minimum absolute atomic E-state index is 0.0666. The van der Waals surface area contributed by atoms with E-state index in [9.17, 15) is 28.1 Å². The number of amides is 2. The number of sulfone groups is 1. The molecule has 34 heavy (non-hydrogen) atoms. The number of anilines is 1. The first kappa shape index (κ1) is 24.4. The Bertz CT molecular complexity index is 1170. The Morgan fingerprint density at radius 1 is 1.18 bits per heavy atom. The van der Waals surface area contributed by atoms with Crippen LogP contribution < -0.4 is 10.2 Å². The first-order chi connectivity index (χ1) is 16.1. The normalized spacial score (nSPS) is 17.3. The maximum absolute atomic E-state index is 13.3. The standard InChI is InChI=1S/C24H29BN2O6S/c1-27-21-10-9-20(13-18(21)14-23(27)28)34(32,33)15-19(11-16-5-3-2-4-6-16)24(29)26-22(25(30)31)12-17-7-8-17/h2-6,9-10,13,17,19,22,30-31H,7-8,11-12,14-15H2,1H3,(H,26,29)/t19-,22+/m1/s1. The highest BCUT2D eigenvalue weighted by molar-refractivity contribution is 7.91. The smallest absolute Gasteiger partial charge is 0.426 e. The van der Waals surface area contributed by atoms with Gasteiger partial charge in [0.15, 0.2) is 9.84 Å². The van der Waals surface area contributed by atoms with Gasteiger partial charge in [-0.3, -0.25) is 9.59 Å². The molecule has 1 aliphatic heterocycles. The lowest BCUT2D eigenvalue weighted by molar-refractivity contribution is -0.124. The van der Waals surface area contributed by atoms with Gasteiger partial charge in [-0.25, -0.2) is 8.42 Å². The second-order valence-corrected chi connectivity index (χ2v) is 11.3. The molecule has 4 rings (SSSR count). The van der Waals surface area contributed by atoms with Gasteiger partial charge in [-0.05, 0) is 48.1 Å². The van der Waals surface area contributed by atoms with Crippen molar-refractivity contribution in [1.82, 2.24) is 5.32 Å². The summed E-state index contributed by atoms with van der Waals surface area (Å²) in [5.41, 5.74) is 2.13. The summed E-state index contributed by atoms with van der Waals surface area (Å²) in [6, 6.07) is 13.7. The van der Waals surface area contributed by atoms with Crippen LogP contribution in [0.3, 0.4) is 0 Å². The van der Waals surface area contributed by atoms with Gasteiger partial charge < -0.3 is 20.3 Å². The van der Waals surface area contributed by atoms with Crippen LogP contribution in [0.4, 0.5) is 5.69 Å². The third-order valence-corrected chi connectivity index (χ3v) is 8.39. The molecular weight excluding hydrogens is 455 g/mol. The van der Waals surface area contributed by atoms with Gasteiger partial charge >= 0.3 is 7.12 Å². The van der Waals surface area contributed by atoms with E-state index in [1.807, 2.05) is 30.3 Å². The topological polar surface area (TPSA) is 124 Å². The molecule has 0 bridgehead atoms. The highest BCUT2D eigenvalue weighted by atomic mass is 32.2. The number of benzene rings is 2. The Hall–Kier alpha value is -2.69. The molecule has 0 spiro atoms. The molecule has 0 saturated heterocycles. The molecule has 2 atom stereocenters. The van der Waals surface area contributed by atoms with Crippen molar-refractivity contribution < 1.29 is 28.1 Å². The molecule has 180 valence electrons. The van der Waals surface area contributed by atoms with E-state index in [4.69, 9.17) is 0 Å². The van der Waals surface area contributed by atoms with Crippen molar-refractivity contribution in [2.24, 2.45) is 11.8 Å². The SMILES string of the molecule is CN1C(=O)Cc2cc(S(=O)(=O)C[C@@H](Cc3ccccc3)C(=O)N[C@@H](CC3CC3)B(O)O)ccc21. The average Bonchev–Trinajstić information content (AvgIpc) is 3.57. The van der Waals surface area contributed by atoms with Crippen molar-refractivity contribution in [3.8, 4) is 0 Å². The molecule has 8 nitrogen and oxygen atoms in total. The molecule has 1 saturated carbocycles. The Labute approximate surface area is 200 Å². The third kappa shape index (κ3) is 5.68. The van der Waals surface area contributed by atoms with Crippen molar-refractivity contribution in [2.75, 3.05) is 17.7 Å². The van der Waals surface area contributed by atoms with Crippen molar-refractivity contribution in [2.45, 2.75) is 42.9 Å². The van der Waals surface area contributed by atoms with E-state index in [-0.39, 0.29) is 23.6 Å². The molecule has 2 aliphatic rings. The van der Waals surface area contributed by atoms with Crippen molar-refractivity contribution >= 4 is 34.5 Å². The molecule has 1 aliphatic carbocycles. The fraction of sp³-hybridized carbons (Fsp3) is 0.417. The van der Waals surface area contributed by atoms with Gasteiger partial charge in [0.1, 0.15) is 0 Å². The van der Waals surface area contributed by atoms with Gasteiger partial charge in [-0.2, -0.15) is 0 Å². The molecule has 1 fully saturated rings. The first-order valence-corrected chi connectivity index (χ1v) is 13.1. The van der Waals surface area contributed by atoms with Crippen LogP contribution >= 0.6 is 0 Å². The second kappa shape index (κ2) is 9.89. The molecule has 0 aromatic heterocycles. The maximum Gasteiger partial charge on any atom is 0.475 e. The Morgan fingerprint density at radius 3 is 2.53 bits per heavy atom. The number of nitrogens with zero attached hydrogens (tertiary/aromatic N) is 1. The van der Waals surface area contributed by atoms with Crippen molar-refractivity contribution in [3.05, 3.63) is 59.7 Å². The molecular formula is C24H29BN2O6S. The predicted octanol–water partition coefficient (Wildman–Crippen LogP) is 1.13. The number of likely N-dealkylation sites (N-methyl/N-ethyl adjacent to an activating group) is 1. The molecule has 1 heterocycles. The molecule has 10 heteroatoms. The summed E-state index contributed by atoms with van der Waals surface area (Å²) in [7, 11) is -3.93. The van der Waals surface area contributed by atoms with E-state index in [1.54, 1.807) is 13.1 Å². The summed E-state index contributed by atoms with van der Waals surface area (Å²) in [4.78, 5) is 26.7. The molecule has 2 aromatic carbocycles. The quantitative estimate of drug-likeness (QED) is 0.435. The van der Waals surface area contributed by atoms with Crippen LogP contribution in [0.5, 0.6) is 0 Å². The van der Waals surface area contributed by atoms with Crippen LogP contribution in [0, 0.1) is 11.8 Å². The van der Waals surface area contributed by atoms with Crippen LogP contribution in [0.2, 0.25) is 0 Å². The van der Waals surface area contributed by atoms with Gasteiger partial charge in [0.25, 0.3) is 0 Å². The van der Waals surface area contributed by atoms with E-state index in [0.717, 1.165) is 18.4 Å². The molecule has 2 amide bonds. The Kier molecular flexibility index (Phi) is 7.11. The summed E-state index contributed by atoms with van der Waals surface area (Å²) in [5.74, 6) is -2.49. The fourth-order valence-electron chi connectivity index (χ4n) is 4.40. The fourth-order valence-corrected chi connectivity index (χ4v) is 5.98. The molecule has 3 N–H and O–H groups in total. The second-order valence-electron chi connectivity index (χ2n) is 9.30. The van der Waals surface area contributed by atoms with E-state index in [1.165, 1.54) is 17.0 Å². The van der Waals surface area contributed by atoms with Crippen molar-refractivity contribution in [1.29, 1.82) is 0 Å². The zero-order chi connectivity index (χ0) is 24.5. The minimum Gasteiger partial charge on any atom is -0.426 e. The summed E-state index contributed by atoms with van der Waals surface area (Å²) in [6.45, 7) is 0. The zero-order valence-electron chi connectivity index (χ0n) is 19.1. The lowest BCUT2D eigenvalue weighted by Crippen LogP contribution is -2.50. The highest BCUT2D eigenvalue weighted by Gasteiger charge is 2.36. The molecule has 2 aromatic rings. The summed E-state index contributed by atoms with van der Waals surface area (Å²) in [5, 5.41) is 22.2. The lowest BCUT2D eigenvalue weighted by Gasteiger charge is -2.22. The Balaban J connectivity index is 1.56. The third-order valence-electron chi connectivity index (χ3n) is 6.58. The maximum atomic E-state index is 13.3. The number of rotatable bonds is 10. The van der Waals surface area contributed by atoms with E-state index in [2.05, 4.69) is 5.32 Å². The minimum atomic E-state index is -3.86. The average molecular weight is 484 g/mol. The lowest BCUT2D eigenvalue weighted by atomic mass is 9.76. The van der Waals surface area contributed by atoms with Gasteiger partial charge in [0.2, 0.25) is 11.8 Å². The van der Waals surface area contributed by atoms with Gasteiger partial charge in [-0.15, -0.1) is 0 Å². The monoisotopic (exact) mass is 484 g/mol. The molecule has 0 unspecified atom stereocenters. The number of hydrogen-bond donors (Lipinski definition) is 3. The number of carbonyl (C=O) groups excluding carboxylic acids is 2. The summed E-state index contributed by atoms with van der Waals surface area (Å²) < 4.78 is 26.7. The van der Waals surface area contributed by atoms with E-state index >= 15 is 0 Å². The molecule has 0 radical (unpaired) electrons. The van der Waals surface area contributed by atoms with E-state index < -0.39 is 40.5 Å². The van der Waals surface area contributed by atoms with Crippen LogP contribution in [-0.2, 0) is 32.3 Å². The number of carbonyl (C=O) groups is 2. The summed E-state index contributed by atoms with van der Waals surface area (Å²) >= 11 is 0. The predicted molar refractivity (Wildman–Crippen MR) is 129 cm³/mol. The van der Waals surface area contributed by atoms with Crippen LogP contribution in [0.1, 0.15) is 30.4 Å². The number of hydrogen-bond acceptors (Lipinski definition) is 6. The largest absolute Gasteiger partial charge is 0.475 e. The van der Waals surface area contributed by atoms with Crippen LogP contribution in [0.25, 0.3) is 0 Å². The van der Waals surface area contributed by atoms with Crippen LogP contribution in [-0.4, -0.2) is 56.1 Å². The van der Waals surface area contributed by atoms with E-state index in [0.29, 0.717) is 23.6 Å². The van der Waals surface area contributed by atoms with Crippen LogP contribution in [0.15, 0.2) is 53.4 Å². The van der Waals surface area contributed by atoms with Gasteiger partial charge in [0.05, 0.1) is 28.9 Å². The van der Waals surface area contributed by atoms with Gasteiger partial charge in [-0.1, -0.05) is 43.2 Å². The number of nitrogens with one attached hydrogen (secondary N) is 1. The number of fused-ring (bicyclic) bond motifs is 1. The van der Waals surface area contributed by atoms with Crippen molar-refractivity contribution in [3.63, 3.8) is 0 Å². The Morgan fingerprint density at radius 2 is 1.88 bits per heavy atom.